The molecule has 0 spiro atoms. The van der Waals surface area contributed by atoms with Gasteiger partial charge in [-0.3, -0.25) is 4.79 Å². The highest BCUT2D eigenvalue weighted by Gasteiger charge is 2.07. The van der Waals surface area contributed by atoms with Gasteiger partial charge in [-0.25, -0.2) is 4.39 Å². The van der Waals surface area contributed by atoms with Gasteiger partial charge >= 0.3 is 0 Å². The zero-order chi connectivity index (χ0) is 15.9. The molecule has 22 heavy (non-hydrogen) atoms. The Morgan fingerprint density at radius 2 is 1.95 bits per heavy atom. The van der Waals surface area contributed by atoms with Crippen LogP contribution in [-0.2, 0) is 10.5 Å². The van der Waals surface area contributed by atoms with Gasteiger partial charge in [0.05, 0.1) is 12.9 Å². The molecule has 0 saturated heterocycles. The van der Waals surface area contributed by atoms with Crippen molar-refractivity contribution in [2.24, 2.45) is 0 Å². The molecular weight excluding hydrogens is 301 g/mol. The van der Waals surface area contributed by atoms with Gasteiger partial charge in [0.1, 0.15) is 11.6 Å². The molecule has 0 aliphatic heterocycles. The summed E-state index contributed by atoms with van der Waals surface area (Å²) in [6.45, 7) is 1.99. The van der Waals surface area contributed by atoms with Crippen LogP contribution in [0.1, 0.15) is 11.1 Å². The molecule has 5 heteroatoms. The first-order chi connectivity index (χ1) is 10.6. The number of hydrogen-bond donors (Lipinski definition) is 1. The minimum Gasteiger partial charge on any atom is -0.496 e. The third-order valence-corrected chi connectivity index (χ3v) is 4.05. The first kappa shape index (κ1) is 16.4. The Kier molecular flexibility index (Phi) is 5.83. The number of benzene rings is 2. The molecule has 2 rings (SSSR count). The van der Waals surface area contributed by atoms with E-state index in [1.165, 1.54) is 23.9 Å². The number of nitrogens with one attached hydrogen (secondary N) is 1. The zero-order valence-corrected chi connectivity index (χ0v) is 13.4. The van der Waals surface area contributed by atoms with E-state index < -0.39 is 0 Å². The van der Waals surface area contributed by atoms with Crippen molar-refractivity contribution in [2.75, 3.05) is 18.2 Å². The van der Waals surface area contributed by atoms with Crippen LogP contribution >= 0.6 is 11.8 Å². The molecule has 3 nitrogen and oxygen atoms in total. The average molecular weight is 319 g/mol. The SMILES string of the molecule is COc1ccc(F)cc1CSCC(=O)Nc1ccc(C)cc1. The molecule has 0 unspecified atom stereocenters. The first-order valence-corrected chi connectivity index (χ1v) is 8.00. The molecule has 2 aromatic rings. The van der Waals surface area contributed by atoms with Gasteiger partial charge in [0.15, 0.2) is 0 Å². The smallest absolute Gasteiger partial charge is 0.234 e. The molecule has 1 N–H and O–H groups in total. The molecule has 0 aromatic heterocycles. The molecule has 0 aliphatic rings. The number of aryl methyl sites for hydroxylation is 1. The number of rotatable bonds is 6. The number of thioether (sulfide) groups is 1. The van der Waals surface area contributed by atoms with E-state index in [-0.39, 0.29) is 11.7 Å². The molecule has 0 atom stereocenters. The molecule has 0 heterocycles. The van der Waals surface area contributed by atoms with Crippen molar-refractivity contribution in [2.45, 2.75) is 12.7 Å². The Labute approximate surface area is 133 Å². The van der Waals surface area contributed by atoms with Crippen molar-refractivity contribution in [1.82, 2.24) is 0 Å². The highest BCUT2D eigenvalue weighted by atomic mass is 32.2. The molecule has 116 valence electrons. The molecular formula is C17H18FNO2S. The van der Waals surface area contributed by atoms with Crippen LogP contribution in [-0.4, -0.2) is 18.8 Å². The second kappa shape index (κ2) is 7.84. The van der Waals surface area contributed by atoms with Crippen LogP contribution in [0.25, 0.3) is 0 Å². The maximum absolute atomic E-state index is 13.2. The van der Waals surface area contributed by atoms with Crippen LogP contribution in [0.3, 0.4) is 0 Å². The summed E-state index contributed by atoms with van der Waals surface area (Å²) >= 11 is 1.42. The summed E-state index contributed by atoms with van der Waals surface area (Å²) in [4.78, 5) is 11.9. The quantitative estimate of drug-likeness (QED) is 0.874. The number of ether oxygens (including phenoxy) is 1. The lowest BCUT2D eigenvalue weighted by Gasteiger charge is -2.09. The fourth-order valence-corrected chi connectivity index (χ4v) is 2.75. The molecule has 0 aliphatic carbocycles. The molecule has 0 bridgehead atoms. The lowest BCUT2D eigenvalue weighted by atomic mass is 10.2. The van der Waals surface area contributed by atoms with Crippen molar-refractivity contribution in [3.63, 3.8) is 0 Å². The van der Waals surface area contributed by atoms with E-state index >= 15 is 0 Å². The molecule has 0 radical (unpaired) electrons. The molecule has 2 aromatic carbocycles. The lowest BCUT2D eigenvalue weighted by molar-refractivity contribution is -0.113. The number of amides is 1. The van der Waals surface area contributed by atoms with Crippen LogP contribution in [0.5, 0.6) is 5.75 Å². The summed E-state index contributed by atoms with van der Waals surface area (Å²) in [6.07, 6.45) is 0. The van der Waals surface area contributed by atoms with Gasteiger partial charge in [-0.05, 0) is 37.3 Å². The summed E-state index contributed by atoms with van der Waals surface area (Å²) in [5, 5.41) is 2.83. The Balaban J connectivity index is 1.84. The second-order valence-corrected chi connectivity index (χ2v) is 5.85. The second-order valence-electron chi connectivity index (χ2n) is 4.86. The lowest BCUT2D eigenvalue weighted by Crippen LogP contribution is -2.14. The Morgan fingerprint density at radius 1 is 1.23 bits per heavy atom. The maximum atomic E-state index is 13.2. The summed E-state index contributed by atoms with van der Waals surface area (Å²) in [7, 11) is 1.55. The van der Waals surface area contributed by atoms with Gasteiger partial charge in [-0.15, -0.1) is 11.8 Å². The number of halogens is 1. The van der Waals surface area contributed by atoms with E-state index in [0.717, 1.165) is 16.8 Å². The summed E-state index contributed by atoms with van der Waals surface area (Å²) < 4.78 is 18.4. The van der Waals surface area contributed by atoms with E-state index in [1.807, 2.05) is 31.2 Å². The van der Waals surface area contributed by atoms with Gasteiger partial charge in [0.2, 0.25) is 5.91 Å². The van der Waals surface area contributed by atoms with Gasteiger partial charge < -0.3 is 10.1 Å². The van der Waals surface area contributed by atoms with Crippen LogP contribution in [0.15, 0.2) is 42.5 Å². The van der Waals surface area contributed by atoms with Gasteiger partial charge in [0.25, 0.3) is 0 Å². The van der Waals surface area contributed by atoms with Crippen molar-refractivity contribution in [1.29, 1.82) is 0 Å². The Hall–Kier alpha value is -2.01. The maximum Gasteiger partial charge on any atom is 0.234 e. The van der Waals surface area contributed by atoms with E-state index in [0.29, 0.717) is 17.3 Å². The third-order valence-electron chi connectivity index (χ3n) is 3.07. The summed E-state index contributed by atoms with van der Waals surface area (Å²) in [5.41, 5.74) is 2.67. The van der Waals surface area contributed by atoms with Crippen LogP contribution < -0.4 is 10.1 Å². The first-order valence-electron chi connectivity index (χ1n) is 6.85. The predicted octanol–water partition coefficient (Wildman–Crippen LogP) is 4.01. The van der Waals surface area contributed by atoms with Crippen molar-refractivity contribution in [3.8, 4) is 5.75 Å². The number of hydrogen-bond acceptors (Lipinski definition) is 3. The normalized spacial score (nSPS) is 10.3. The predicted molar refractivity (Wildman–Crippen MR) is 88.9 cm³/mol. The fraction of sp³-hybridized carbons (Fsp3) is 0.235. The number of carbonyl (C=O) groups is 1. The van der Waals surface area contributed by atoms with E-state index in [1.54, 1.807) is 13.2 Å². The number of anilines is 1. The molecule has 0 fully saturated rings. The largest absolute Gasteiger partial charge is 0.496 e. The van der Waals surface area contributed by atoms with Crippen LogP contribution in [0.2, 0.25) is 0 Å². The highest BCUT2D eigenvalue weighted by Crippen LogP contribution is 2.24. The summed E-state index contributed by atoms with van der Waals surface area (Å²) in [5.74, 6) is 1.06. The van der Waals surface area contributed by atoms with Crippen molar-refractivity contribution >= 4 is 23.4 Å². The van der Waals surface area contributed by atoms with Crippen LogP contribution in [0, 0.1) is 12.7 Å². The highest BCUT2D eigenvalue weighted by molar-refractivity contribution is 7.99. The van der Waals surface area contributed by atoms with Gasteiger partial charge in [0, 0.05) is 17.0 Å². The third kappa shape index (κ3) is 4.77. The zero-order valence-electron chi connectivity index (χ0n) is 12.6. The minimum atomic E-state index is -0.305. The molecule has 1 amide bonds. The minimum absolute atomic E-state index is 0.0794. The standard InChI is InChI=1S/C17H18FNO2S/c1-12-3-6-15(7-4-12)19-17(20)11-22-10-13-9-14(18)5-8-16(13)21-2/h3-9H,10-11H2,1-2H3,(H,19,20). The Bertz CT molecular complexity index is 644. The van der Waals surface area contributed by atoms with Crippen molar-refractivity contribution < 1.29 is 13.9 Å². The Morgan fingerprint density at radius 3 is 2.64 bits per heavy atom. The van der Waals surface area contributed by atoms with E-state index in [9.17, 15) is 9.18 Å². The average Bonchev–Trinajstić information content (AvgIpc) is 2.50. The van der Waals surface area contributed by atoms with Crippen LogP contribution in [0.4, 0.5) is 10.1 Å². The number of methoxy groups -OCH3 is 1. The summed E-state index contributed by atoms with van der Waals surface area (Å²) in [6, 6.07) is 12.0. The number of carbonyl (C=O) groups excluding carboxylic acids is 1. The van der Waals surface area contributed by atoms with E-state index in [4.69, 9.17) is 4.74 Å². The van der Waals surface area contributed by atoms with Gasteiger partial charge in [-0.1, -0.05) is 17.7 Å². The molecule has 0 saturated carbocycles. The van der Waals surface area contributed by atoms with E-state index in [2.05, 4.69) is 5.32 Å². The van der Waals surface area contributed by atoms with Crippen molar-refractivity contribution in [3.05, 3.63) is 59.4 Å². The fourth-order valence-electron chi connectivity index (χ4n) is 1.95. The monoisotopic (exact) mass is 319 g/mol. The topological polar surface area (TPSA) is 38.3 Å². The van der Waals surface area contributed by atoms with Gasteiger partial charge in [-0.2, -0.15) is 0 Å².